The second-order valence-electron chi connectivity index (χ2n) is 6.78. The van der Waals surface area contributed by atoms with Gasteiger partial charge in [-0.15, -0.1) is 0 Å². The van der Waals surface area contributed by atoms with E-state index >= 15 is 0 Å². The SMILES string of the molecule is COC(=O)c1cc(OCC2CCC2)cc(C(=O)N[C@H](C)c2ncnn2C)c1. The van der Waals surface area contributed by atoms with Gasteiger partial charge in [0.25, 0.3) is 5.91 Å². The van der Waals surface area contributed by atoms with Crippen LogP contribution in [0.2, 0.25) is 0 Å². The third-order valence-electron chi connectivity index (χ3n) is 4.78. The second-order valence-corrected chi connectivity index (χ2v) is 6.78. The fraction of sp³-hybridized carbons (Fsp3) is 0.474. The predicted molar refractivity (Wildman–Crippen MR) is 97.5 cm³/mol. The van der Waals surface area contributed by atoms with Gasteiger partial charge in [0, 0.05) is 12.6 Å². The Balaban J connectivity index is 1.77. The van der Waals surface area contributed by atoms with Crippen LogP contribution in [0.4, 0.5) is 0 Å². The summed E-state index contributed by atoms with van der Waals surface area (Å²) in [6.07, 6.45) is 4.96. The minimum Gasteiger partial charge on any atom is -0.493 e. The Labute approximate surface area is 157 Å². The molecule has 1 aliphatic rings. The average molecular weight is 372 g/mol. The second kappa shape index (κ2) is 8.20. The van der Waals surface area contributed by atoms with Gasteiger partial charge in [0.1, 0.15) is 17.9 Å². The number of ether oxygens (including phenoxy) is 2. The number of nitrogens with one attached hydrogen (secondary N) is 1. The van der Waals surface area contributed by atoms with E-state index in [4.69, 9.17) is 9.47 Å². The van der Waals surface area contributed by atoms with E-state index < -0.39 is 5.97 Å². The molecule has 8 heteroatoms. The molecule has 1 amide bonds. The molecule has 1 saturated carbocycles. The molecule has 1 aliphatic carbocycles. The number of aryl methyl sites for hydroxylation is 1. The van der Waals surface area contributed by atoms with Crippen LogP contribution in [0.5, 0.6) is 5.75 Å². The summed E-state index contributed by atoms with van der Waals surface area (Å²) in [5.41, 5.74) is 0.607. The maximum Gasteiger partial charge on any atom is 0.338 e. The fourth-order valence-corrected chi connectivity index (χ4v) is 2.96. The number of rotatable bonds is 7. The number of hydrogen-bond acceptors (Lipinski definition) is 6. The molecule has 8 nitrogen and oxygen atoms in total. The standard InChI is InChI=1S/C19H24N4O4/c1-12(17-20-11-21-23(17)2)22-18(24)14-7-15(19(25)26-3)9-16(8-14)27-10-13-5-4-6-13/h7-9,11-13H,4-6,10H2,1-3H3,(H,22,24)/t12-/m1/s1. The zero-order chi connectivity index (χ0) is 19.4. The van der Waals surface area contributed by atoms with Crippen LogP contribution in [0, 0.1) is 5.92 Å². The number of amides is 1. The summed E-state index contributed by atoms with van der Waals surface area (Å²) < 4.78 is 12.2. The number of benzene rings is 1. The summed E-state index contributed by atoms with van der Waals surface area (Å²) >= 11 is 0. The van der Waals surface area contributed by atoms with Crippen LogP contribution >= 0.6 is 0 Å². The minimum atomic E-state index is -0.514. The Hall–Kier alpha value is -2.90. The van der Waals surface area contributed by atoms with Crippen LogP contribution < -0.4 is 10.1 Å². The summed E-state index contributed by atoms with van der Waals surface area (Å²) in [5.74, 6) is 0.819. The summed E-state index contributed by atoms with van der Waals surface area (Å²) in [6.45, 7) is 2.40. The first-order valence-corrected chi connectivity index (χ1v) is 8.99. The minimum absolute atomic E-state index is 0.278. The van der Waals surface area contributed by atoms with Crippen molar-refractivity contribution in [2.45, 2.75) is 32.2 Å². The summed E-state index contributed by atoms with van der Waals surface area (Å²) in [5, 5.41) is 6.88. The van der Waals surface area contributed by atoms with Crippen molar-refractivity contribution in [1.29, 1.82) is 0 Å². The van der Waals surface area contributed by atoms with Crippen molar-refractivity contribution < 1.29 is 19.1 Å². The highest BCUT2D eigenvalue weighted by molar-refractivity contribution is 5.98. The molecule has 1 aromatic heterocycles. The van der Waals surface area contributed by atoms with Gasteiger partial charge in [-0.25, -0.2) is 9.78 Å². The lowest BCUT2D eigenvalue weighted by Gasteiger charge is -2.25. The molecule has 27 heavy (non-hydrogen) atoms. The number of carbonyl (C=O) groups excluding carboxylic acids is 2. The molecule has 0 aliphatic heterocycles. The number of esters is 1. The smallest absolute Gasteiger partial charge is 0.338 e. The van der Waals surface area contributed by atoms with Crippen molar-refractivity contribution in [1.82, 2.24) is 20.1 Å². The van der Waals surface area contributed by atoms with Crippen LogP contribution in [-0.2, 0) is 11.8 Å². The van der Waals surface area contributed by atoms with Crippen LogP contribution in [-0.4, -0.2) is 40.4 Å². The molecule has 0 radical (unpaired) electrons. The van der Waals surface area contributed by atoms with E-state index in [-0.39, 0.29) is 17.5 Å². The van der Waals surface area contributed by atoms with E-state index in [2.05, 4.69) is 15.4 Å². The number of carbonyl (C=O) groups is 2. The third kappa shape index (κ3) is 4.45. The molecule has 1 atom stereocenters. The maximum absolute atomic E-state index is 12.7. The van der Waals surface area contributed by atoms with Crippen molar-refractivity contribution in [2.75, 3.05) is 13.7 Å². The molecular weight excluding hydrogens is 348 g/mol. The zero-order valence-electron chi connectivity index (χ0n) is 15.8. The van der Waals surface area contributed by atoms with Crippen molar-refractivity contribution in [3.8, 4) is 5.75 Å². The van der Waals surface area contributed by atoms with E-state index in [1.807, 2.05) is 6.92 Å². The van der Waals surface area contributed by atoms with Crippen molar-refractivity contribution in [3.63, 3.8) is 0 Å². The summed E-state index contributed by atoms with van der Waals surface area (Å²) in [4.78, 5) is 28.8. The summed E-state index contributed by atoms with van der Waals surface area (Å²) in [6, 6.07) is 4.41. The molecule has 2 aromatic rings. The number of hydrogen-bond donors (Lipinski definition) is 1. The van der Waals surface area contributed by atoms with Crippen LogP contribution in [0.3, 0.4) is 0 Å². The fourth-order valence-electron chi connectivity index (χ4n) is 2.96. The zero-order valence-corrected chi connectivity index (χ0v) is 15.8. The van der Waals surface area contributed by atoms with Crippen molar-refractivity contribution in [2.24, 2.45) is 13.0 Å². The molecule has 0 spiro atoms. The first kappa shape index (κ1) is 18.9. The Morgan fingerprint density at radius 3 is 2.63 bits per heavy atom. The molecule has 1 fully saturated rings. The average Bonchev–Trinajstić information content (AvgIpc) is 3.05. The van der Waals surface area contributed by atoms with Crippen LogP contribution in [0.25, 0.3) is 0 Å². The molecule has 1 N–H and O–H groups in total. The lowest BCUT2D eigenvalue weighted by atomic mass is 9.86. The first-order valence-electron chi connectivity index (χ1n) is 8.99. The monoisotopic (exact) mass is 372 g/mol. The number of methoxy groups -OCH3 is 1. The molecule has 0 unspecified atom stereocenters. The van der Waals surface area contributed by atoms with Gasteiger partial charge in [-0.1, -0.05) is 6.42 Å². The molecule has 1 heterocycles. The van der Waals surface area contributed by atoms with Crippen LogP contribution in [0.1, 0.15) is 58.8 Å². The molecule has 1 aromatic carbocycles. The van der Waals surface area contributed by atoms with Gasteiger partial charge in [-0.2, -0.15) is 5.10 Å². The lowest BCUT2D eigenvalue weighted by Crippen LogP contribution is -2.29. The molecule has 3 rings (SSSR count). The summed E-state index contributed by atoms with van der Waals surface area (Å²) in [7, 11) is 3.06. The van der Waals surface area contributed by atoms with E-state index in [0.29, 0.717) is 29.7 Å². The highest BCUT2D eigenvalue weighted by atomic mass is 16.5. The number of nitrogens with zero attached hydrogens (tertiary/aromatic N) is 3. The van der Waals surface area contributed by atoms with Gasteiger partial charge in [0.05, 0.1) is 25.3 Å². The highest BCUT2D eigenvalue weighted by Gasteiger charge is 2.20. The van der Waals surface area contributed by atoms with Gasteiger partial charge >= 0.3 is 5.97 Å². The van der Waals surface area contributed by atoms with E-state index in [1.165, 1.54) is 25.9 Å². The number of aromatic nitrogens is 3. The Morgan fingerprint density at radius 1 is 1.30 bits per heavy atom. The van der Waals surface area contributed by atoms with Gasteiger partial charge in [-0.05, 0) is 43.9 Å². The first-order chi connectivity index (χ1) is 13.0. The third-order valence-corrected chi connectivity index (χ3v) is 4.78. The quantitative estimate of drug-likeness (QED) is 0.749. The van der Waals surface area contributed by atoms with E-state index in [1.54, 1.807) is 23.9 Å². The highest BCUT2D eigenvalue weighted by Crippen LogP contribution is 2.28. The van der Waals surface area contributed by atoms with Gasteiger partial charge < -0.3 is 14.8 Å². The van der Waals surface area contributed by atoms with E-state index in [0.717, 1.165) is 12.8 Å². The van der Waals surface area contributed by atoms with Crippen LogP contribution in [0.15, 0.2) is 24.5 Å². The van der Waals surface area contributed by atoms with Gasteiger partial charge in [0.2, 0.25) is 0 Å². The van der Waals surface area contributed by atoms with Gasteiger partial charge in [-0.3, -0.25) is 9.48 Å². The molecular formula is C19H24N4O4. The normalized spacial score (nSPS) is 14.9. The Bertz CT molecular complexity index is 829. The molecule has 0 saturated heterocycles. The Kier molecular flexibility index (Phi) is 5.73. The lowest BCUT2D eigenvalue weighted by molar-refractivity contribution is 0.0600. The largest absolute Gasteiger partial charge is 0.493 e. The Morgan fingerprint density at radius 2 is 2.04 bits per heavy atom. The molecule has 0 bridgehead atoms. The molecule has 144 valence electrons. The van der Waals surface area contributed by atoms with E-state index in [9.17, 15) is 9.59 Å². The van der Waals surface area contributed by atoms with Crippen molar-refractivity contribution in [3.05, 3.63) is 41.5 Å². The van der Waals surface area contributed by atoms with Crippen molar-refractivity contribution >= 4 is 11.9 Å². The topological polar surface area (TPSA) is 95.3 Å². The maximum atomic E-state index is 12.7. The predicted octanol–water partition coefficient (Wildman–Crippen LogP) is 2.27. The van der Waals surface area contributed by atoms with Gasteiger partial charge in [0.15, 0.2) is 0 Å².